The second kappa shape index (κ2) is 4.55. The number of hydrogen-bond acceptors (Lipinski definition) is 2. The zero-order valence-electron chi connectivity index (χ0n) is 8.95. The number of aryl methyl sites for hydroxylation is 1. The largest absolute Gasteiger partial charge is 0.345 e. The third-order valence-corrected chi connectivity index (χ3v) is 2.37. The van der Waals surface area contributed by atoms with Crippen LogP contribution in [0.1, 0.15) is 10.5 Å². The van der Waals surface area contributed by atoms with E-state index in [1.807, 2.05) is 0 Å². The van der Waals surface area contributed by atoms with E-state index in [2.05, 4.69) is 10.3 Å². The van der Waals surface area contributed by atoms with Crippen LogP contribution in [-0.4, -0.2) is 15.5 Å². The number of halogens is 2. The lowest BCUT2D eigenvalue weighted by molar-refractivity contribution is 0.101. The number of aromatic nitrogens is 2. The standard InChI is InChI=1S/C11H9ClFN3O/c1-16-6-7(12)5-8(16)11(17)15-10-4-2-3-9(13)14-10/h2-6H,1H3,(H,14,15,17). The SMILES string of the molecule is Cn1cc(Cl)cc1C(=O)Nc1cccc(F)n1. The number of amides is 1. The fourth-order valence-electron chi connectivity index (χ4n) is 1.41. The Labute approximate surface area is 102 Å². The maximum atomic E-state index is 12.8. The van der Waals surface area contributed by atoms with Gasteiger partial charge in [-0.3, -0.25) is 4.79 Å². The minimum Gasteiger partial charge on any atom is -0.345 e. The van der Waals surface area contributed by atoms with Crippen molar-refractivity contribution in [3.05, 3.63) is 47.1 Å². The lowest BCUT2D eigenvalue weighted by Crippen LogP contribution is -2.16. The van der Waals surface area contributed by atoms with Crippen LogP contribution in [0.15, 0.2) is 30.5 Å². The monoisotopic (exact) mass is 253 g/mol. The molecule has 0 atom stereocenters. The first kappa shape index (κ1) is 11.6. The summed E-state index contributed by atoms with van der Waals surface area (Å²) in [4.78, 5) is 15.3. The lowest BCUT2D eigenvalue weighted by Gasteiger charge is -2.04. The molecule has 0 saturated heterocycles. The molecule has 0 radical (unpaired) electrons. The van der Waals surface area contributed by atoms with E-state index in [0.717, 1.165) is 0 Å². The highest BCUT2D eigenvalue weighted by Crippen LogP contribution is 2.14. The van der Waals surface area contributed by atoms with Crippen molar-refractivity contribution in [3.8, 4) is 0 Å². The van der Waals surface area contributed by atoms with Crippen LogP contribution in [0, 0.1) is 5.95 Å². The van der Waals surface area contributed by atoms with Gasteiger partial charge < -0.3 is 9.88 Å². The molecule has 2 rings (SSSR count). The topological polar surface area (TPSA) is 46.9 Å². The van der Waals surface area contributed by atoms with Gasteiger partial charge in [0.1, 0.15) is 11.5 Å². The van der Waals surface area contributed by atoms with Crippen molar-refractivity contribution in [1.29, 1.82) is 0 Å². The summed E-state index contributed by atoms with van der Waals surface area (Å²) in [5.74, 6) is -0.877. The van der Waals surface area contributed by atoms with E-state index < -0.39 is 11.9 Å². The van der Waals surface area contributed by atoms with Crippen LogP contribution in [0.3, 0.4) is 0 Å². The molecule has 0 aliphatic heterocycles. The summed E-state index contributed by atoms with van der Waals surface area (Å²) in [6, 6.07) is 5.70. The van der Waals surface area contributed by atoms with E-state index in [4.69, 9.17) is 11.6 Å². The van der Waals surface area contributed by atoms with E-state index >= 15 is 0 Å². The summed E-state index contributed by atoms with van der Waals surface area (Å²) < 4.78 is 14.4. The van der Waals surface area contributed by atoms with Crippen LogP contribution in [0.5, 0.6) is 0 Å². The Bertz CT molecular complexity index is 568. The van der Waals surface area contributed by atoms with Crippen molar-refractivity contribution in [2.24, 2.45) is 7.05 Å². The number of anilines is 1. The molecule has 0 fully saturated rings. The summed E-state index contributed by atoms with van der Waals surface area (Å²) in [5, 5.41) is 2.95. The van der Waals surface area contributed by atoms with Gasteiger partial charge in [-0.15, -0.1) is 0 Å². The second-order valence-corrected chi connectivity index (χ2v) is 3.89. The summed E-state index contributed by atoms with van der Waals surface area (Å²) in [6.45, 7) is 0. The quantitative estimate of drug-likeness (QED) is 0.836. The van der Waals surface area contributed by atoms with E-state index in [1.165, 1.54) is 24.3 Å². The predicted octanol–water partition coefficient (Wildman–Crippen LogP) is 2.46. The Hall–Kier alpha value is -1.88. The van der Waals surface area contributed by atoms with Gasteiger partial charge >= 0.3 is 0 Å². The van der Waals surface area contributed by atoms with Crippen LogP contribution in [0.2, 0.25) is 5.02 Å². The lowest BCUT2D eigenvalue weighted by atomic mass is 10.4. The van der Waals surface area contributed by atoms with Crippen molar-refractivity contribution < 1.29 is 9.18 Å². The normalized spacial score (nSPS) is 10.3. The Morgan fingerprint density at radius 2 is 2.29 bits per heavy atom. The van der Waals surface area contributed by atoms with Gasteiger partial charge in [-0.25, -0.2) is 4.98 Å². The third-order valence-electron chi connectivity index (χ3n) is 2.16. The minimum absolute atomic E-state index is 0.160. The Kier molecular flexibility index (Phi) is 3.10. The number of nitrogens with zero attached hydrogens (tertiary/aromatic N) is 2. The number of carbonyl (C=O) groups excluding carboxylic acids is 1. The Morgan fingerprint density at radius 1 is 1.53 bits per heavy atom. The van der Waals surface area contributed by atoms with Crippen molar-refractivity contribution in [3.63, 3.8) is 0 Å². The average Bonchev–Trinajstić information content (AvgIpc) is 2.58. The number of carbonyl (C=O) groups is 1. The molecule has 4 nitrogen and oxygen atoms in total. The molecule has 0 aliphatic carbocycles. The first-order valence-electron chi connectivity index (χ1n) is 4.82. The van der Waals surface area contributed by atoms with E-state index in [-0.39, 0.29) is 5.82 Å². The van der Waals surface area contributed by atoms with Gasteiger partial charge in [0.15, 0.2) is 0 Å². The van der Waals surface area contributed by atoms with Gasteiger partial charge in [0.05, 0.1) is 5.02 Å². The number of nitrogens with one attached hydrogen (secondary N) is 1. The van der Waals surface area contributed by atoms with Crippen LogP contribution >= 0.6 is 11.6 Å². The van der Waals surface area contributed by atoms with Crippen LogP contribution < -0.4 is 5.32 Å². The van der Waals surface area contributed by atoms with Gasteiger partial charge in [0, 0.05) is 13.2 Å². The molecule has 0 bridgehead atoms. The molecule has 2 aromatic heterocycles. The van der Waals surface area contributed by atoms with E-state index in [1.54, 1.807) is 17.8 Å². The summed E-state index contributed by atoms with van der Waals surface area (Å²) in [6.07, 6.45) is 1.61. The average molecular weight is 254 g/mol. The summed E-state index contributed by atoms with van der Waals surface area (Å²) >= 11 is 5.76. The maximum Gasteiger partial charge on any atom is 0.273 e. The molecule has 1 N–H and O–H groups in total. The molecule has 0 saturated carbocycles. The molecule has 0 spiro atoms. The van der Waals surface area contributed by atoms with Gasteiger partial charge in [-0.05, 0) is 18.2 Å². The molecule has 1 amide bonds. The smallest absolute Gasteiger partial charge is 0.273 e. The number of rotatable bonds is 2. The molecule has 0 aliphatic rings. The highest BCUT2D eigenvalue weighted by atomic mass is 35.5. The predicted molar refractivity (Wildman–Crippen MR) is 62.6 cm³/mol. The van der Waals surface area contributed by atoms with Crippen LogP contribution in [-0.2, 0) is 7.05 Å². The molecule has 88 valence electrons. The van der Waals surface area contributed by atoms with Gasteiger partial charge in [-0.1, -0.05) is 17.7 Å². The zero-order chi connectivity index (χ0) is 12.4. The highest BCUT2D eigenvalue weighted by Gasteiger charge is 2.12. The fraction of sp³-hybridized carbons (Fsp3) is 0.0909. The summed E-state index contributed by atoms with van der Waals surface area (Å²) in [5.41, 5.74) is 0.376. The van der Waals surface area contributed by atoms with Gasteiger partial charge in [0.25, 0.3) is 5.91 Å². The molecule has 6 heteroatoms. The molecule has 2 heterocycles. The highest BCUT2D eigenvalue weighted by molar-refractivity contribution is 6.31. The Balaban J connectivity index is 2.20. The number of pyridine rings is 1. The minimum atomic E-state index is -0.646. The molecule has 0 aromatic carbocycles. The van der Waals surface area contributed by atoms with E-state index in [0.29, 0.717) is 10.7 Å². The molecular weight excluding hydrogens is 245 g/mol. The number of hydrogen-bond donors (Lipinski definition) is 1. The summed E-state index contributed by atoms with van der Waals surface area (Å²) in [7, 11) is 1.69. The van der Waals surface area contributed by atoms with Crippen LogP contribution in [0.4, 0.5) is 10.2 Å². The first-order valence-corrected chi connectivity index (χ1v) is 5.20. The third kappa shape index (κ3) is 2.62. The first-order chi connectivity index (χ1) is 8.06. The molecule has 2 aromatic rings. The molecule has 17 heavy (non-hydrogen) atoms. The van der Waals surface area contributed by atoms with Crippen molar-refractivity contribution in [2.45, 2.75) is 0 Å². The zero-order valence-corrected chi connectivity index (χ0v) is 9.70. The van der Waals surface area contributed by atoms with E-state index in [9.17, 15) is 9.18 Å². The second-order valence-electron chi connectivity index (χ2n) is 3.45. The van der Waals surface area contributed by atoms with Crippen LogP contribution in [0.25, 0.3) is 0 Å². The van der Waals surface area contributed by atoms with Crippen molar-refractivity contribution >= 4 is 23.3 Å². The molecular formula is C11H9ClFN3O. The van der Waals surface area contributed by atoms with Gasteiger partial charge in [-0.2, -0.15) is 4.39 Å². The Morgan fingerprint density at radius 3 is 2.88 bits per heavy atom. The van der Waals surface area contributed by atoms with Gasteiger partial charge in [0.2, 0.25) is 5.95 Å². The molecule has 0 unspecified atom stereocenters. The maximum absolute atomic E-state index is 12.8. The van der Waals surface area contributed by atoms with Crippen molar-refractivity contribution in [1.82, 2.24) is 9.55 Å². The fourth-order valence-corrected chi connectivity index (χ4v) is 1.66. The van der Waals surface area contributed by atoms with Crippen molar-refractivity contribution in [2.75, 3.05) is 5.32 Å².